The zero-order valence-electron chi connectivity index (χ0n) is 8.04. The molecule has 0 amide bonds. The Morgan fingerprint density at radius 1 is 1.25 bits per heavy atom. The largest absolute Gasteiger partial charge is 0.313 e. The van der Waals surface area contributed by atoms with Gasteiger partial charge in [-0.25, -0.2) is 9.97 Å². The number of pyridine rings is 1. The Bertz CT molecular complexity index is 689. The lowest BCUT2D eigenvalue weighted by Crippen LogP contribution is -2.07. The fraction of sp³-hybridized carbons (Fsp3) is 0. The van der Waals surface area contributed by atoms with Gasteiger partial charge in [-0.3, -0.25) is 9.78 Å². The molecule has 5 nitrogen and oxygen atoms in total. The fourth-order valence-electron chi connectivity index (χ4n) is 1.52. The van der Waals surface area contributed by atoms with E-state index in [1.807, 2.05) is 5.38 Å². The van der Waals surface area contributed by atoms with Crippen LogP contribution in [0.1, 0.15) is 0 Å². The third-order valence-corrected chi connectivity index (χ3v) is 2.82. The minimum Gasteiger partial charge on any atom is -0.313 e. The molecule has 3 heterocycles. The van der Waals surface area contributed by atoms with Gasteiger partial charge in [-0.05, 0) is 6.07 Å². The van der Waals surface area contributed by atoms with Gasteiger partial charge >= 0.3 is 0 Å². The lowest BCUT2D eigenvalue weighted by molar-refractivity contribution is 1.16. The Balaban J connectivity index is 2.43. The van der Waals surface area contributed by atoms with Crippen molar-refractivity contribution >= 4 is 22.2 Å². The summed E-state index contributed by atoms with van der Waals surface area (Å²) in [4.78, 5) is 26.6. The molecule has 0 saturated carbocycles. The first-order chi connectivity index (χ1) is 7.86. The molecule has 78 valence electrons. The van der Waals surface area contributed by atoms with E-state index in [9.17, 15) is 4.79 Å². The second-order valence-corrected chi connectivity index (χ2v) is 3.88. The Morgan fingerprint density at radius 3 is 3.00 bits per heavy atom. The Kier molecular flexibility index (Phi) is 2.00. The maximum Gasteiger partial charge on any atom is 0.258 e. The zero-order chi connectivity index (χ0) is 11.0. The van der Waals surface area contributed by atoms with Gasteiger partial charge in [0, 0.05) is 11.6 Å². The summed E-state index contributed by atoms with van der Waals surface area (Å²) in [6, 6.07) is 1.65. The van der Waals surface area contributed by atoms with Crippen molar-refractivity contribution in [1.29, 1.82) is 0 Å². The third kappa shape index (κ3) is 1.31. The standard InChI is InChI=1S/C10H6N4OS/c15-10-6-1-2-11-9(7-3-16-5-14-7)8(6)12-4-13-10/h1-5H,(H,12,13,15). The van der Waals surface area contributed by atoms with E-state index in [2.05, 4.69) is 19.9 Å². The van der Waals surface area contributed by atoms with E-state index in [-0.39, 0.29) is 5.56 Å². The maximum absolute atomic E-state index is 11.6. The SMILES string of the molecule is O=c1[nH]cnc2c(-c3cscn3)nccc12. The van der Waals surface area contributed by atoms with Crippen LogP contribution < -0.4 is 5.56 Å². The number of aromatic amines is 1. The number of thiazole rings is 1. The highest BCUT2D eigenvalue weighted by atomic mass is 32.1. The monoisotopic (exact) mass is 230 g/mol. The lowest BCUT2D eigenvalue weighted by atomic mass is 10.2. The molecular weight excluding hydrogens is 224 g/mol. The highest BCUT2D eigenvalue weighted by Gasteiger charge is 2.09. The van der Waals surface area contributed by atoms with Crippen molar-refractivity contribution in [2.24, 2.45) is 0 Å². The van der Waals surface area contributed by atoms with Crippen LogP contribution in [-0.2, 0) is 0 Å². The molecule has 0 atom stereocenters. The van der Waals surface area contributed by atoms with Gasteiger partial charge < -0.3 is 4.98 Å². The number of rotatable bonds is 1. The molecule has 0 aromatic carbocycles. The van der Waals surface area contributed by atoms with Crippen LogP contribution in [0.15, 0.2) is 34.3 Å². The first-order valence-electron chi connectivity index (χ1n) is 4.57. The van der Waals surface area contributed by atoms with Crippen LogP contribution in [0.5, 0.6) is 0 Å². The molecule has 16 heavy (non-hydrogen) atoms. The van der Waals surface area contributed by atoms with Crippen LogP contribution in [0, 0.1) is 0 Å². The van der Waals surface area contributed by atoms with Gasteiger partial charge in [0.2, 0.25) is 0 Å². The van der Waals surface area contributed by atoms with E-state index >= 15 is 0 Å². The topological polar surface area (TPSA) is 71.5 Å². The van der Waals surface area contributed by atoms with Gasteiger partial charge in [0.1, 0.15) is 16.9 Å². The van der Waals surface area contributed by atoms with Gasteiger partial charge in [-0.2, -0.15) is 0 Å². The van der Waals surface area contributed by atoms with E-state index in [1.165, 1.54) is 17.7 Å². The highest BCUT2D eigenvalue weighted by Crippen LogP contribution is 2.22. The van der Waals surface area contributed by atoms with Crippen molar-refractivity contribution in [2.75, 3.05) is 0 Å². The van der Waals surface area contributed by atoms with E-state index in [0.717, 1.165) is 5.69 Å². The van der Waals surface area contributed by atoms with Crippen LogP contribution >= 0.6 is 11.3 Å². The minimum atomic E-state index is -0.163. The Morgan fingerprint density at radius 2 is 2.19 bits per heavy atom. The molecule has 3 aromatic rings. The molecule has 3 aromatic heterocycles. The van der Waals surface area contributed by atoms with E-state index < -0.39 is 0 Å². The van der Waals surface area contributed by atoms with Gasteiger partial charge in [0.15, 0.2) is 0 Å². The quantitative estimate of drug-likeness (QED) is 0.686. The molecular formula is C10H6N4OS. The van der Waals surface area contributed by atoms with Crippen molar-refractivity contribution < 1.29 is 0 Å². The van der Waals surface area contributed by atoms with E-state index in [4.69, 9.17) is 0 Å². The first kappa shape index (κ1) is 9.17. The molecule has 3 rings (SSSR count). The second-order valence-electron chi connectivity index (χ2n) is 3.16. The van der Waals surface area contributed by atoms with Crippen LogP contribution in [0.25, 0.3) is 22.3 Å². The number of nitrogens with one attached hydrogen (secondary N) is 1. The van der Waals surface area contributed by atoms with Gasteiger partial charge in [0.25, 0.3) is 5.56 Å². The smallest absolute Gasteiger partial charge is 0.258 e. The van der Waals surface area contributed by atoms with E-state index in [0.29, 0.717) is 16.6 Å². The molecule has 1 N–H and O–H groups in total. The van der Waals surface area contributed by atoms with Crippen molar-refractivity contribution in [3.8, 4) is 11.4 Å². The van der Waals surface area contributed by atoms with Gasteiger partial charge in [0.05, 0.1) is 17.2 Å². The molecule has 0 fully saturated rings. The average molecular weight is 230 g/mol. The number of hydrogen-bond acceptors (Lipinski definition) is 5. The van der Waals surface area contributed by atoms with Crippen LogP contribution in [0.2, 0.25) is 0 Å². The molecule has 0 aliphatic heterocycles. The zero-order valence-corrected chi connectivity index (χ0v) is 8.86. The predicted molar refractivity (Wildman–Crippen MR) is 61.3 cm³/mol. The summed E-state index contributed by atoms with van der Waals surface area (Å²) in [5.74, 6) is 0. The van der Waals surface area contributed by atoms with E-state index in [1.54, 1.807) is 17.8 Å². The van der Waals surface area contributed by atoms with Gasteiger partial charge in [-0.15, -0.1) is 11.3 Å². The summed E-state index contributed by atoms with van der Waals surface area (Å²) in [7, 11) is 0. The van der Waals surface area contributed by atoms with Crippen molar-refractivity contribution in [2.45, 2.75) is 0 Å². The van der Waals surface area contributed by atoms with Gasteiger partial charge in [-0.1, -0.05) is 0 Å². The average Bonchev–Trinajstić information content (AvgIpc) is 2.82. The maximum atomic E-state index is 11.6. The molecule has 0 spiro atoms. The molecule has 0 saturated heterocycles. The summed E-state index contributed by atoms with van der Waals surface area (Å²) >= 11 is 1.48. The molecule has 0 aliphatic carbocycles. The van der Waals surface area contributed by atoms with Crippen LogP contribution in [0.4, 0.5) is 0 Å². The lowest BCUT2D eigenvalue weighted by Gasteiger charge is -2.00. The molecule has 6 heteroatoms. The van der Waals surface area contributed by atoms with Crippen molar-refractivity contribution in [1.82, 2.24) is 19.9 Å². The summed E-state index contributed by atoms with van der Waals surface area (Å²) in [5, 5.41) is 2.41. The highest BCUT2D eigenvalue weighted by molar-refractivity contribution is 7.07. The second kappa shape index (κ2) is 3.49. The third-order valence-electron chi connectivity index (χ3n) is 2.23. The predicted octanol–water partition coefficient (Wildman–Crippen LogP) is 1.44. The number of H-pyrrole nitrogens is 1. The normalized spacial score (nSPS) is 10.8. The number of aromatic nitrogens is 4. The first-order valence-corrected chi connectivity index (χ1v) is 5.51. The summed E-state index contributed by atoms with van der Waals surface area (Å²) in [5.41, 5.74) is 3.53. The summed E-state index contributed by atoms with van der Waals surface area (Å²) < 4.78 is 0. The van der Waals surface area contributed by atoms with Crippen molar-refractivity contribution in [3.05, 3.63) is 39.8 Å². The number of fused-ring (bicyclic) bond motifs is 1. The molecule has 0 radical (unpaired) electrons. The molecule has 0 aliphatic rings. The van der Waals surface area contributed by atoms with Crippen molar-refractivity contribution in [3.63, 3.8) is 0 Å². The van der Waals surface area contributed by atoms with Crippen LogP contribution in [-0.4, -0.2) is 19.9 Å². The number of hydrogen-bond donors (Lipinski definition) is 1. The summed E-state index contributed by atoms with van der Waals surface area (Å²) in [6.45, 7) is 0. The number of nitrogens with zero attached hydrogens (tertiary/aromatic N) is 3. The minimum absolute atomic E-state index is 0.163. The van der Waals surface area contributed by atoms with Crippen LogP contribution in [0.3, 0.4) is 0 Å². The molecule has 0 bridgehead atoms. The Labute approximate surface area is 93.9 Å². The molecule has 0 unspecified atom stereocenters. The fourth-order valence-corrected chi connectivity index (χ4v) is 2.05. The summed E-state index contributed by atoms with van der Waals surface area (Å²) in [6.07, 6.45) is 2.97. The Hall–Kier alpha value is -2.08.